The highest BCUT2D eigenvalue weighted by atomic mass is 16.6. The van der Waals surface area contributed by atoms with Crippen molar-refractivity contribution in [2.45, 2.75) is 45.6 Å². The van der Waals surface area contributed by atoms with Crippen molar-refractivity contribution in [2.75, 3.05) is 6.61 Å². The van der Waals surface area contributed by atoms with E-state index >= 15 is 0 Å². The molecule has 1 rings (SSSR count). The van der Waals surface area contributed by atoms with Crippen LogP contribution in [0.2, 0.25) is 0 Å². The van der Waals surface area contributed by atoms with Crippen LogP contribution in [0.1, 0.15) is 39.5 Å². The number of epoxide rings is 1. The minimum atomic E-state index is -0.699. The van der Waals surface area contributed by atoms with Crippen LogP contribution in [-0.2, 0) is 9.53 Å². The third-order valence-corrected chi connectivity index (χ3v) is 2.56. The first kappa shape index (κ1) is 10.5. The molecule has 3 nitrogen and oxygen atoms in total. The molecule has 1 fully saturated rings. The molecule has 76 valence electrons. The molecule has 0 aliphatic carbocycles. The van der Waals surface area contributed by atoms with Crippen molar-refractivity contribution in [3.05, 3.63) is 0 Å². The van der Waals surface area contributed by atoms with Gasteiger partial charge < -0.3 is 9.84 Å². The van der Waals surface area contributed by atoms with Crippen molar-refractivity contribution in [3.8, 4) is 0 Å². The Morgan fingerprint density at radius 1 is 1.54 bits per heavy atom. The number of hydrogen-bond acceptors (Lipinski definition) is 2. The van der Waals surface area contributed by atoms with E-state index in [0.717, 1.165) is 32.3 Å². The molecule has 0 aromatic carbocycles. The fraction of sp³-hybridized carbons (Fsp3) is 0.900. The van der Waals surface area contributed by atoms with E-state index in [-0.39, 0.29) is 0 Å². The van der Waals surface area contributed by atoms with Gasteiger partial charge in [-0.1, -0.05) is 12.8 Å². The molecule has 1 heterocycles. The van der Waals surface area contributed by atoms with Gasteiger partial charge in [-0.15, -0.1) is 0 Å². The number of unbranched alkanes of at least 4 members (excludes halogenated alkanes) is 1. The second-order valence-corrected chi connectivity index (χ2v) is 4.39. The number of carboxylic acids is 1. The van der Waals surface area contributed by atoms with Gasteiger partial charge in [-0.2, -0.15) is 0 Å². The van der Waals surface area contributed by atoms with Crippen LogP contribution < -0.4 is 0 Å². The maximum atomic E-state index is 10.7. The van der Waals surface area contributed by atoms with Crippen LogP contribution in [0, 0.1) is 5.41 Å². The Bertz CT molecular complexity index is 183. The van der Waals surface area contributed by atoms with Gasteiger partial charge in [-0.3, -0.25) is 4.79 Å². The Morgan fingerprint density at radius 3 is 2.62 bits per heavy atom. The summed E-state index contributed by atoms with van der Waals surface area (Å²) in [6.45, 7) is 4.47. The third-order valence-electron chi connectivity index (χ3n) is 2.56. The largest absolute Gasteiger partial charge is 0.481 e. The zero-order chi connectivity index (χ0) is 9.90. The van der Waals surface area contributed by atoms with Crippen LogP contribution in [-0.4, -0.2) is 23.8 Å². The number of carboxylic acid groups (broad SMARTS) is 1. The van der Waals surface area contributed by atoms with Crippen LogP contribution in [0.25, 0.3) is 0 Å². The first-order valence-corrected chi connectivity index (χ1v) is 4.87. The van der Waals surface area contributed by atoms with Crippen LogP contribution in [0.5, 0.6) is 0 Å². The molecule has 3 heteroatoms. The summed E-state index contributed by atoms with van der Waals surface area (Å²) in [5.41, 5.74) is -0.565. The topological polar surface area (TPSA) is 49.8 Å². The van der Waals surface area contributed by atoms with Crippen LogP contribution in [0.15, 0.2) is 0 Å². The Kier molecular flexibility index (Phi) is 3.31. The Labute approximate surface area is 79.1 Å². The summed E-state index contributed by atoms with van der Waals surface area (Å²) in [6, 6.07) is 0. The van der Waals surface area contributed by atoms with Crippen molar-refractivity contribution >= 4 is 5.97 Å². The van der Waals surface area contributed by atoms with Crippen molar-refractivity contribution in [2.24, 2.45) is 5.41 Å². The lowest BCUT2D eigenvalue weighted by molar-refractivity contribution is -0.147. The van der Waals surface area contributed by atoms with E-state index in [1.54, 1.807) is 13.8 Å². The molecule has 0 aromatic heterocycles. The predicted molar refractivity (Wildman–Crippen MR) is 49.6 cm³/mol. The average Bonchev–Trinajstić information content (AvgIpc) is 2.81. The SMILES string of the molecule is CC(C)(CCCCC1CO1)C(=O)O. The second kappa shape index (κ2) is 4.09. The molecule has 13 heavy (non-hydrogen) atoms. The summed E-state index contributed by atoms with van der Waals surface area (Å²) in [6.07, 6.45) is 4.40. The smallest absolute Gasteiger partial charge is 0.309 e. The number of ether oxygens (including phenoxy) is 1. The van der Waals surface area contributed by atoms with Crippen molar-refractivity contribution < 1.29 is 14.6 Å². The van der Waals surface area contributed by atoms with E-state index in [0.29, 0.717) is 6.10 Å². The summed E-state index contributed by atoms with van der Waals surface area (Å²) in [5, 5.41) is 8.84. The first-order chi connectivity index (χ1) is 6.02. The molecule has 1 N–H and O–H groups in total. The van der Waals surface area contributed by atoms with E-state index in [4.69, 9.17) is 9.84 Å². The van der Waals surface area contributed by atoms with Crippen molar-refractivity contribution in [3.63, 3.8) is 0 Å². The van der Waals surface area contributed by atoms with Crippen LogP contribution in [0.3, 0.4) is 0 Å². The normalized spacial score (nSPS) is 21.5. The highest BCUT2D eigenvalue weighted by molar-refractivity contribution is 5.73. The lowest BCUT2D eigenvalue weighted by Crippen LogP contribution is -2.23. The summed E-state index contributed by atoms with van der Waals surface area (Å²) in [5.74, 6) is -0.699. The summed E-state index contributed by atoms with van der Waals surface area (Å²) < 4.78 is 5.07. The maximum absolute atomic E-state index is 10.7. The van der Waals surface area contributed by atoms with E-state index < -0.39 is 11.4 Å². The fourth-order valence-electron chi connectivity index (χ4n) is 1.28. The zero-order valence-corrected chi connectivity index (χ0v) is 8.38. The van der Waals surface area contributed by atoms with Gasteiger partial charge >= 0.3 is 5.97 Å². The number of hydrogen-bond donors (Lipinski definition) is 1. The molecular formula is C10H18O3. The van der Waals surface area contributed by atoms with Crippen molar-refractivity contribution in [1.82, 2.24) is 0 Å². The van der Waals surface area contributed by atoms with Gasteiger partial charge in [0.15, 0.2) is 0 Å². The van der Waals surface area contributed by atoms with Gasteiger partial charge in [0.05, 0.1) is 18.1 Å². The Balaban J connectivity index is 2.05. The molecule has 1 saturated heterocycles. The summed E-state index contributed by atoms with van der Waals surface area (Å²) in [7, 11) is 0. The molecule has 0 saturated carbocycles. The Hall–Kier alpha value is -0.570. The number of carbonyl (C=O) groups is 1. The molecule has 1 aliphatic heterocycles. The van der Waals surface area contributed by atoms with E-state index in [1.807, 2.05) is 0 Å². The zero-order valence-electron chi connectivity index (χ0n) is 8.38. The third kappa shape index (κ3) is 3.77. The second-order valence-electron chi connectivity index (χ2n) is 4.39. The summed E-state index contributed by atoms with van der Waals surface area (Å²) in [4.78, 5) is 10.7. The molecule has 0 spiro atoms. The highest BCUT2D eigenvalue weighted by Crippen LogP contribution is 2.25. The van der Waals surface area contributed by atoms with Crippen molar-refractivity contribution in [1.29, 1.82) is 0 Å². The maximum Gasteiger partial charge on any atom is 0.309 e. The molecule has 0 aromatic rings. The van der Waals surface area contributed by atoms with Gasteiger partial charge in [-0.25, -0.2) is 0 Å². The van der Waals surface area contributed by atoms with Crippen LogP contribution >= 0.6 is 0 Å². The predicted octanol–water partition coefficient (Wildman–Crippen LogP) is 2.06. The lowest BCUT2D eigenvalue weighted by atomic mass is 9.87. The quantitative estimate of drug-likeness (QED) is 0.510. The minimum absolute atomic E-state index is 0.480. The van der Waals surface area contributed by atoms with Gasteiger partial charge in [0.25, 0.3) is 0 Å². The van der Waals surface area contributed by atoms with Gasteiger partial charge in [0.1, 0.15) is 0 Å². The Morgan fingerprint density at radius 2 is 2.15 bits per heavy atom. The standard InChI is InChI=1S/C10H18O3/c1-10(2,9(11)12)6-4-3-5-8-7-13-8/h8H,3-7H2,1-2H3,(H,11,12). The van der Waals surface area contributed by atoms with Gasteiger partial charge in [0, 0.05) is 0 Å². The molecule has 1 unspecified atom stereocenters. The molecular weight excluding hydrogens is 168 g/mol. The van der Waals surface area contributed by atoms with E-state index in [1.165, 1.54) is 0 Å². The van der Waals surface area contributed by atoms with E-state index in [9.17, 15) is 4.79 Å². The van der Waals surface area contributed by atoms with Gasteiger partial charge in [0.2, 0.25) is 0 Å². The molecule has 0 radical (unpaired) electrons. The number of rotatable bonds is 6. The molecule has 0 amide bonds. The fourth-order valence-corrected chi connectivity index (χ4v) is 1.28. The lowest BCUT2D eigenvalue weighted by Gasteiger charge is -2.18. The molecule has 1 atom stereocenters. The van der Waals surface area contributed by atoms with Crippen LogP contribution in [0.4, 0.5) is 0 Å². The van der Waals surface area contributed by atoms with E-state index in [2.05, 4.69) is 0 Å². The first-order valence-electron chi connectivity index (χ1n) is 4.87. The van der Waals surface area contributed by atoms with Gasteiger partial charge in [-0.05, 0) is 26.7 Å². The highest BCUT2D eigenvalue weighted by Gasteiger charge is 2.27. The molecule has 0 bridgehead atoms. The number of aliphatic carboxylic acids is 1. The average molecular weight is 186 g/mol. The minimum Gasteiger partial charge on any atom is -0.481 e. The summed E-state index contributed by atoms with van der Waals surface area (Å²) >= 11 is 0. The molecule has 1 aliphatic rings. The monoisotopic (exact) mass is 186 g/mol.